The molecular formula is C10H20O6S. The van der Waals surface area contributed by atoms with Crippen molar-refractivity contribution < 1.29 is 26.7 Å². The molecule has 7 heteroatoms. The van der Waals surface area contributed by atoms with Crippen LogP contribution in [0.15, 0.2) is 0 Å². The summed E-state index contributed by atoms with van der Waals surface area (Å²) in [5.74, 6) is -0.441. The van der Waals surface area contributed by atoms with Crippen molar-refractivity contribution in [2.75, 3.05) is 6.61 Å². The van der Waals surface area contributed by atoms with Gasteiger partial charge in [0.05, 0.1) is 5.41 Å². The molecule has 6 nitrogen and oxygen atoms in total. The van der Waals surface area contributed by atoms with Gasteiger partial charge in [0, 0.05) is 0 Å². The summed E-state index contributed by atoms with van der Waals surface area (Å²) in [6.07, 6.45) is 0.598. The van der Waals surface area contributed by atoms with Crippen LogP contribution in [-0.4, -0.2) is 31.1 Å². The molecule has 0 aliphatic rings. The summed E-state index contributed by atoms with van der Waals surface area (Å²) in [4.78, 5) is 11.7. The zero-order valence-corrected chi connectivity index (χ0v) is 11.6. The summed E-state index contributed by atoms with van der Waals surface area (Å²) in [5.41, 5.74) is -1.77. The first-order chi connectivity index (χ1) is 7.40. The van der Waals surface area contributed by atoms with Crippen molar-refractivity contribution in [3.8, 4) is 0 Å². The maximum Gasteiger partial charge on any atom is 0.397 e. The van der Waals surface area contributed by atoms with Crippen molar-refractivity contribution in [2.24, 2.45) is 5.41 Å². The molecule has 0 heterocycles. The van der Waals surface area contributed by atoms with E-state index in [4.69, 9.17) is 9.29 Å². The summed E-state index contributed by atoms with van der Waals surface area (Å²) in [6.45, 7) is 7.88. The van der Waals surface area contributed by atoms with Gasteiger partial charge in [-0.3, -0.25) is 9.35 Å². The molecule has 17 heavy (non-hydrogen) atoms. The highest BCUT2D eigenvalue weighted by Crippen LogP contribution is 2.25. The Morgan fingerprint density at radius 1 is 1.24 bits per heavy atom. The van der Waals surface area contributed by atoms with Crippen LogP contribution in [0.25, 0.3) is 0 Å². The van der Waals surface area contributed by atoms with Crippen LogP contribution >= 0.6 is 0 Å². The zero-order valence-electron chi connectivity index (χ0n) is 10.8. The van der Waals surface area contributed by atoms with Crippen LogP contribution in [0, 0.1) is 5.41 Å². The van der Waals surface area contributed by atoms with Gasteiger partial charge in [-0.15, -0.1) is 0 Å². The number of ether oxygens (including phenoxy) is 1. The fraction of sp³-hybridized carbons (Fsp3) is 0.900. The normalized spacial score (nSPS) is 13.5. The Balaban J connectivity index is 4.51. The third kappa shape index (κ3) is 6.60. The second-order valence-electron chi connectivity index (χ2n) is 5.08. The smallest absolute Gasteiger partial charge is 0.397 e. The van der Waals surface area contributed by atoms with Gasteiger partial charge in [0.1, 0.15) is 12.2 Å². The van der Waals surface area contributed by atoms with Crippen molar-refractivity contribution in [3.63, 3.8) is 0 Å². The standard InChI is InChI=1S/C10H20O6S/c1-6-9(2,3)8(11)16-10(4,5)7-15-17(12,13)14/h6-7H2,1-5H3,(H,12,13,14). The van der Waals surface area contributed by atoms with E-state index in [2.05, 4.69) is 4.18 Å². The van der Waals surface area contributed by atoms with Crippen molar-refractivity contribution in [3.05, 3.63) is 0 Å². The molecule has 0 unspecified atom stereocenters. The first-order valence-corrected chi connectivity index (χ1v) is 6.61. The molecule has 0 radical (unpaired) electrons. The van der Waals surface area contributed by atoms with Gasteiger partial charge < -0.3 is 4.74 Å². The lowest BCUT2D eigenvalue weighted by Crippen LogP contribution is -2.39. The fourth-order valence-electron chi connectivity index (χ4n) is 0.779. The molecule has 0 spiro atoms. The van der Waals surface area contributed by atoms with E-state index in [0.29, 0.717) is 6.42 Å². The molecule has 1 N–H and O–H groups in total. The third-order valence-electron chi connectivity index (χ3n) is 2.36. The van der Waals surface area contributed by atoms with Crippen LogP contribution < -0.4 is 0 Å². The van der Waals surface area contributed by atoms with Gasteiger partial charge in [-0.2, -0.15) is 8.42 Å². The molecule has 0 fully saturated rings. The molecule has 0 aliphatic carbocycles. The lowest BCUT2D eigenvalue weighted by molar-refractivity contribution is -0.170. The molecule has 0 aromatic rings. The van der Waals surface area contributed by atoms with Crippen LogP contribution in [0.2, 0.25) is 0 Å². The molecule has 0 saturated carbocycles. The Kier molecular flexibility index (Phi) is 5.12. The van der Waals surface area contributed by atoms with Gasteiger partial charge in [0.25, 0.3) is 0 Å². The van der Waals surface area contributed by atoms with Crippen LogP contribution in [0.3, 0.4) is 0 Å². The average molecular weight is 268 g/mol. The highest BCUT2D eigenvalue weighted by atomic mass is 32.3. The Bertz CT molecular complexity index is 368. The van der Waals surface area contributed by atoms with E-state index in [9.17, 15) is 13.2 Å². The highest BCUT2D eigenvalue weighted by Gasteiger charge is 2.33. The van der Waals surface area contributed by atoms with Crippen LogP contribution in [0.4, 0.5) is 0 Å². The second-order valence-corrected chi connectivity index (χ2v) is 6.17. The van der Waals surface area contributed by atoms with Crippen molar-refractivity contribution in [1.29, 1.82) is 0 Å². The minimum absolute atomic E-state index is 0.433. The zero-order chi connectivity index (χ0) is 13.9. The number of hydrogen-bond donors (Lipinski definition) is 1. The number of hydrogen-bond acceptors (Lipinski definition) is 5. The Hall–Kier alpha value is -0.660. The molecule has 0 atom stereocenters. The monoisotopic (exact) mass is 268 g/mol. The van der Waals surface area contributed by atoms with Crippen molar-refractivity contribution in [2.45, 2.75) is 46.6 Å². The summed E-state index contributed by atoms with van der Waals surface area (Å²) in [5, 5.41) is 0. The summed E-state index contributed by atoms with van der Waals surface area (Å²) in [6, 6.07) is 0. The third-order valence-corrected chi connectivity index (χ3v) is 2.78. The first-order valence-electron chi connectivity index (χ1n) is 5.25. The lowest BCUT2D eigenvalue weighted by atomic mass is 9.90. The Morgan fingerprint density at radius 3 is 2.06 bits per heavy atom. The van der Waals surface area contributed by atoms with Gasteiger partial charge in [-0.1, -0.05) is 6.92 Å². The molecule has 0 aromatic heterocycles. The van der Waals surface area contributed by atoms with E-state index in [0.717, 1.165) is 0 Å². The van der Waals surface area contributed by atoms with Crippen LogP contribution in [0.1, 0.15) is 41.0 Å². The number of rotatable bonds is 6. The second kappa shape index (κ2) is 5.32. The SMILES string of the molecule is CCC(C)(C)C(=O)OC(C)(C)COS(=O)(=O)O. The van der Waals surface area contributed by atoms with E-state index in [1.807, 2.05) is 6.92 Å². The molecule has 0 aromatic carbocycles. The summed E-state index contributed by atoms with van der Waals surface area (Å²) < 4.78 is 38.6. The summed E-state index contributed by atoms with van der Waals surface area (Å²) in [7, 11) is -4.53. The molecule has 0 aliphatic heterocycles. The maximum atomic E-state index is 11.7. The van der Waals surface area contributed by atoms with E-state index in [1.54, 1.807) is 13.8 Å². The summed E-state index contributed by atoms with van der Waals surface area (Å²) >= 11 is 0. The van der Waals surface area contributed by atoms with Gasteiger partial charge in [-0.05, 0) is 34.1 Å². The number of carbonyl (C=O) groups is 1. The minimum atomic E-state index is -4.53. The molecule has 0 bridgehead atoms. The average Bonchev–Trinajstić information content (AvgIpc) is 2.13. The van der Waals surface area contributed by atoms with E-state index >= 15 is 0 Å². The first kappa shape index (κ1) is 16.3. The number of carbonyl (C=O) groups excluding carboxylic acids is 1. The van der Waals surface area contributed by atoms with Gasteiger partial charge >= 0.3 is 16.4 Å². The predicted molar refractivity (Wildman–Crippen MR) is 61.7 cm³/mol. The highest BCUT2D eigenvalue weighted by molar-refractivity contribution is 7.80. The quantitative estimate of drug-likeness (QED) is 0.581. The van der Waals surface area contributed by atoms with E-state index < -0.39 is 34.0 Å². The largest absolute Gasteiger partial charge is 0.457 e. The molecule has 102 valence electrons. The Morgan fingerprint density at radius 2 is 1.71 bits per heavy atom. The van der Waals surface area contributed by atoms with Crippen LogP contribution in [-0.2, 0) is 24.1 Å². The van der Waals surface area contributed by atoms with E-state index in [1.165, 1.54) is 13.8 Å². The van der Waals surface area contributed by atoms with Gasteiger partial charge in [0.2, 0.25) is 0 Å². The molecular weight excluding hydrogens is 248 g/mol. The van der Waals surface area contributed by atoms with Gasteiger partial charge in [0.15, 0.2) is 0 Å². The van der Waals surface area contributed by atoms with Crippen molar-refractivity contribution in [1.82, 2.24) is 0 Å². The fourth-order valence-corrected chi connectivity index (χ4v) is 1.21. The number of esters is 1. The topological polar surface area (TPSA) is 89.9 Å². The Labute approximate surface area is 102 Å². The molecule has 0 amide bonds. The van der Waals surface area contributed by atoms with Crippen molar-refractivity contribution >= 4 is 16.4 Å². The molecule has 0 saturated heterocycles. The van der Waals surface area contributed by atoms with Gasteiger partial charge in [-0.25, -0.2) is 4.18 Å². The minimum Gasteiger partial charge on any atom is -0.457 e. The van der Waals surface area contributed by atoms with E-state index in [-0.39, 0.29) is 0 Å². The molecule has 0 rings (SSSR count). The maximum absolute atomic E-state index is 11.7. The lowest BCUT2D eigenvalue weighted by Gasteiger charge is -2.29. The predicted octanol–water partition coefficient (Wildman–Crippen LogP) is 1.56. The van der Waals surface area contributed by atoms with Crippen LogP contribution in [0.5, 0.6) is 0 Å².